The van der Waals surface area contributed by atoms with Crippen molar-refractivity contribution < 1.29 is 14.3 Å². The maximum Gasteiger partial charge on any atom is 0.242 e. The number of aromatic nitrogens is 1. The molecule has 1 N–H and O–H groups in total. The number of fused-ring (bicyclic) bond motifs is 2. The van der Waals surface area contributed by atoms with Crippen molar-refractivity contribution in [2.24, 2.45) is 0 Å². The number of para-hydroxylation sites is 1. The molecule has 1 fully saturated rings. The summed E-state index contributed by atoms with van der Waals surface area (Å²) >= 11 is 0. The number of hydrogen-bond donors (Lipinski definition) is 1. The van der Waals surface area contributed by atoms with Crippen LogP contribution < -0.4 is 10.1 Å². The molecule has 1 aromatic heterocycles. The van der Waals surface area contributed by atoms with Crippen LogP contribution in [0.3, 0.4) is 0 Å². The van der Waals surface area contributed by atoms with Crippen molar-refractivity contribution in [1.82, 2.24) is 19.7 Å². The Labute approximate surface area is 193 Å². The lowest BCUT2D eigenvalue weighted by Crippen LogP contribution is -2.59. The van der Waals surface area contributed by atoms with E-state index in [1.165, 1.54) is 5.56 Å². The molecule has 7 nitrogen and oxygen atoms in total. The molecular formula is C26H30N4O3. The average Bonchev–Trinajstić information content (AvgIpc) is 3.25. The van der Waals surface area contributed by atoms with Crippen LogP contribution in [0.15, 0.2) is 54.7 Å². The fourth-order valence-electron chi connectivity index (χ4n) is 4.74. The zero-order chi connectivity index (χ0) is 22.8. The van der Waals surface area contributed by atoms with Gasteiger partial charge in [0.1, 0.15) is 18.3 Å². The molecule has 7 heteroatoms. The Bertz CT molecular complexity index is 1170. The summed E-state index contributed by atoms with van der Waals surface area (Å²) in [6.45, 7) is 3.23. The van der Waals surface area contributed by atoms with Gasteiger partial charge in [-0.2, -0.15) is 0 Å². The van der Waals surface area contributed by atoms with Crippen LogP contribution in [0.5, 0.6) is 5.75 Å². The maximum absolute atomic E-state index is 13.0. The third kappa shape index (κ3) is 4.59. The highest BCUT2D eigenvalue weighted by molar-refractivity contribution is 5.85. The van der Waals surface area contributed by atoms with Crippen LogP contribution in [0.25, 0.3) is 10.9 Å². The van der Waals surface area contributed by atoms with Crippen molar-refractivity contribution in [3.63, 3.8) is 0 Å². The second-order valence-corrected chi connectivity index (χ2v) is 8.95. The fraction of sp³-hybridized carbons (Fsp3) is 0.385. The Balaban J connectivity index is 1.20. The molecule has 33 heavy (non-hydrogen) atoms. The summed E-state index contributed by atoms with van der Waals surface area (Å²) in [6, 6.07) is 15.8. The summed E-state index contributed by atoms with van der Waals surface area (Å²) in [7, 11) is 1.95. The number of benzene rings is 2. The number of hydrogen-bond acceptors (Lipinski definition) is 4. The van der Waals surface area contributed by atoms with Crippen LogP contribution in [0.4, 0.5) is 0 Å². The Morgan fingerprint density at radius 3 is 2.91 bits per heavy atom. The van der Waals surface area contributed by atoms with Crippen molar-refractivity contribution in [2.45, 2.75) is 32.0 Å². The molecule has 172 valence electrons. The minimum absolute atomic E-state index is 0.0388. The van der Waals surface area contributed by atoms with Crippen molar-refractivity contribution >= 4 is 22.7 Å². The van der Waals surface area contributed by atoms with Gasteiger partial charge in [-0.15, -0.1) is 0 Å². The third-order valence-corrected chi connectivity index (χ3v) is 6.73. The van der Waals surface area contributed by atoms with Gasteiger partial charge in [-0.25, -0.2) is 0 Å². The summed E-state index contributed by atoms with van der Waals surface area (Å²) in [5, 5.41) is 4.19. The van der Waals surface area contributed by atoms with E-state index in [2.05, 4.69) is 11.4 Å². The first-order chi connectivity index (χ1) is 16.1. The quantitative estimate of drug-likeness (QED) is 0.654. The summed E-state index contributed by atoms with van der Waals surface area (Å²) in [5.74, 6) is 0.945. The lowest BCUT2D eigenvalue weighted by Gasteiger charge is -2.38. The molecule has 0 saturated carbocycles. The van der Waals surface area contributed by atoms with E-state index in [0.717, 1.165) is 41.7 Å². The summed E-state index contributed by atoms with van der Waals surface area (Å²) in [5.41, 5.74) is 3.32. The molecule has 2 aliphatic heterocycles. The molecule has 0 aliphatic carbocycles. The van der Waals surface area contributed by atoms with Crippen LogP contribution in [0.1, 0.15) is 17.5 Å². The van der Waals surface area contributed by atoms with E-state index in [9.17, 15) is 9.59 Å². The van der Waals surface area contributed by atoms with E-state index in [4.69, 9.17) is 4.74 Å². The van der Waals surface area contributed by atoms with E-state index < -0.39 is 0 Å². The molecule has 0 bridgehead atoms. The molecule has 1 saturated heterocycles. The van der Waals surface area contributed by atoms with Gasteiger partial charge in [0.05, 0.1) is 6.61 Å². The summed E-state index contributed by atoms with van der Waals surface area (Å²) in [4.78, 5) is 29.9. The predicted octanol–water partition coefficient (Wildman–Crippen LogP) is 2.43. The number of carbonyl (C=O) groups excluding carboxylic acids is 2. The second kappa shape index (κ2) is 9.27. The minimum Gasteiger partial charge on any atom is -0.493 e. The van der Waals surface area contributed by atoms with Crippen LogP contribution in [-0.2, 0) is 29.1 Å². The van der Waals surface area contributed by atoms with Gasteiger partial charge in [-0.05, 0) is 54.6 Å². The number of ether oxygens (including phenoxy) is 1. The number of carbonyl (C=O) groups is 2. The number of nitrogens with zero attached hydrogens (tertiary/aromatic N) is 3. The van der Waals surface area contributed by atoms with Crippen molar-refractivity contribution in [1.29, 1.82) is 0 Å². The zero-order valence-corrected chi connectivity index (χ0v) is 19.0. The monoisotopic (exact) mass is 446 g/mol. The Morgan fingerprint density at radius 2 is 2.00 bits per heavy atom. The van der Waals surface area contributed by atoms with Gasteiger partial charge in [-0.3, -0.25) is 14.5 Å². The second-order valence-electron chi connectivity index (χ2n) is 8.95. The van der Waals surface area contributed by atoms with Gasteiger partial charge in [0.2, 0.25) is 11.8 Å². The molecule has 2 aliphatic rings. The van der Waals surface area contributed by atoms with Crippen LogP contribution in [0, 0.1) is 0 Å². The van der Waals surface area contributed by atoms with Gasteiger partial charge in [-0.1, -0.05) is 30.3 Å². The molecule has 2 aromatic carbocycles. The first kappa shape index (κ1) is 21.5. The highest BCUT2D eigenvalue weighted by Gasteiger charge is 2.32. The van der Waals surface area contributed by atoms with Gasteiger partial charge in [0.15, 0.2) is 0 Å². The highest BCUT2D eigenvalue weighted by Crippen LogP contribution is 2.25. The van der Waals surface area contributed by atoms with Gasteiger partial charge in [0.25, 0.3) is 0 Å². The number of piperazine rings is 1. The largest absolute Gasteiger partial charge is 0.493 e. The average molecular weight is 447 g/mol. The van der Waals surface area contributed by atoms with Gasteiger partial charge < -0.3 is 19.5 Å². The highest BCUT2D eigenvalue weighted by atomic mass is 16.5. The number of aryl methyl sites for hydroxylation is 1. The topological polar surface area (TPSA) is 66.8 Å². The van der Waals surface area contributed by atoms with Crippen LogP contribution >= 0.6 is 0 Å². The van der Waals surface area contributed by atoms with E-state index >= 15 is 0 Å². The third-order valence-electron chi connectivity index (χ3n) is 6.73. The molecule has 0 radical (unpaired) electrons. The maximum atomic E-state index is 13.0. The van der Waals surface area contributed by atoms with E-state index in [1.54, 1.807) is 0 Å². The van der Waals surface area contributed by atoms with Crippen molar-refractivity contribution in [2.75, 3.05) is 33.3 Å². The molecule has 3 heterocycles. The van der Waals surface area contributed by atoms with Gasteiger partial charge >= 0.3 is 0 Å². The lowest BCUT2D eigenvalue weighted by molar-refractivity contribution is -0.138. The van der Waals surface area contributed by atoms with E-state index in [-0.39, 0.29) is 24.4 Å². The molecule has 1 unspecified atom stereocenters. The molecule has 3 aromatic rings. The SMILES string of the molecule is CN1CCN(C(=O)Cn2ccc3ccccc32)CC1C(=O)NCc1ccc2c(c1)CCCO2. The van der Waals surface area contributed by atoms with E-state index in [0.29, 0.717) is 26.2 Å². The number of likely N-dealkylation sites (N-methyl/N-ethyl adjacent to an activating group) is 1. The Hall–Kier alpha value is -3.32. The van der Waals surface area contributed by atoms with E-state index in [1.807, 2.05) is 70.1 Å². The molecule has 1 atom stereocenters. The van der Waals surface area contributed by atoms with Crippen LogP contribution in [-0.4, -0.2) is 65.5 Å². The van der Waals surface area contributed by atoms with Gasteiger partial charge in [0, 0.05) is 37.9 Å². The number of rotatable bonds is 5. The standard InChI is InChI=1S/C26H30N4O3/c1-28-12-13-30(25(31)18-29-11-10-20-5-2-3-7-22(20)29)17-23(28)26(32)27-16-19-8-9-24-21(15-19)6-4-14-33-24/h2-3,5,7-11,15,23H,4,6,12-14,16-18H2,1H3,(H,27,32). The van der Waals surface area contributed by atoms with Crippen molar-refractivity contribution in [3.8, 4) is 5.75 Å². The Kier molecular flexibility index (Phi) is 6.05. The summed E-state index contributed by atoms with van der Waals surface area (Å²) in [6.07, 6.45) is 3.99. The lowest BCUT2D eigenvalue weighted by atomic mass is 10.0. The van der Waals surface area contributed by atoms with Crippen LogP contribution in [0.2, 0.25) is 0 Å². The normalized spacial score (nSPS) is 18.6. The molecule has 5 rings (SSSR count). The van der Waals surface area contributed by atoms with Crippen molar-refractivity contribution in [3.05, 3.63) is 65.9 Å². The Morgan fingerprint density at radius 1 is 1.12 bits per heavy atom. The summed E-state index contributed by atoms with van der Waals surface area (Å²) < 4.78 is 7.65. The number of amides is 2. The molecule has 0 spiro atoms. The predicted molar refractivity (Wildman–Crippen MR) is 127 cm³/mol. The smallest absolute Gasteiger partial charge is 0.242 e. The fourth-order valence-corrected chi connectivity index (χ4v) is 4.74. The zero-order valence-electron chi connectivity index (χ0n) is 19.0. The first-order valence-corrected chi connectivity index (χ1v) is 11.6. The number of nitrogens with one attached hydrogen (secondary N) is 1. The first-order valence-electron chi connectivity index (χ1n) is 11.6. The molecule has 2 amide bonds. The minimum atomic E-state index is -0.356. The molecular weight excluding hydrogens is 416 g/mol.